The topological polar surface area (TPSA) is 54.0 Å². The molecule has 0 amide bonds. The molecule has 282 valence electrons. The summed E-state index contributed by atoms with van der Waals surface area (Å²) < 4.78 is 26.9. The van der Waals surface area contributed by atoms with Crippen molar-refractivity contribution >= 4 is 33.3 Å². The number of hydrogen-bond donors (Lipinski definition) is 0. The normalized spacial score (nSPS) is 16.1. The van der Waals surface area contributed by atoms with Crippen LogP contribution < -0.4 is 15.1 Å². The number of benzene rings is 3. The van der Waals surface area contributed by atoms with Crippen LogP contribution in [0.25, 0.3) is 0 Å². The predicted octanol–water partition coefficient (Wildman–Crippen LogP) is 10.1. The van der Waals surface area contributed by atoms with Crippen LogP contribution in [-0.2, 0) is 25.0 Å². The molecule has 7 heteroatoms. The first-order valence-electron chi connectivity index (χ1n) is 19.5. The summed E-state index contributed by atoms with van der Waals surface area (Å²) in [6.45, 7) is 23.9. The lowest BCUT2D eigenvalue weighted by Crippen LogP contribution is -2.66. The van der Waals surface area contributed by atoms with Crippen LogP contribution in [0.1, 0.15) is 87.6 Å². The maximum Gasteiger partial charge on any atom is 0.261 e. The molecule has 3 rings (SSSR count). The van der Waals surface area contributed by atoms with E-state index >= 15 is 0 Å². The van der Waals surface area contributed by atoms with Crippen molar-refractivity contribution in [2.75, 3.05) is 13.7 Å². The van der Waals surface area contributed by atoms with Gasteiger partial charge in [-0.15, -0.1) is 0 Å². The van der Waals surface area contributed by atoms with E-state index in [1.54, 1.807) is 7.11 Å². The standard InChI is InChI=1S/C44H68O5Si2/c1-12-37(33-48-51(44(8,9)10,40-22-18-16-19-23-40)41-24-20-17-21-25-41)30-34(5)43(49-50(13-2,14-3)15-4)36(7)42(35(6)31-45)47-32-38-26-28-39(46-11)29-27-38/h16-29,31,34-37,42-43H,12-15,30,32-33H2,1-11H3/t34-,35-,36-,37-,42-,43-/m0/s1. The molecule has 3 aromatic rings. The lowest BCUT2D eigenvalue weighted by molar-refractivity contribution is -0.122. The maximum absolute atomic E-state index is 12.4. The van der Waals surface area contributed by atoms with Crippen molar-refractivity contribution in [2.24, 2.45) is 23.7 Å². The summed E-state index contributed by atoms with van der Waals surface area (Å²) in [5.74, 6) is 1.16. The van der Waals surface area contributed by atoms with Gasteiger partial charge in [0.2, 0.25) is 0 Å². The zero-order valence-electron chi connectivity index (χ0n) is 33.6. The summed E-state index contributed by atoms with van der Waals surface area (Å²) in [7, 11) is -2.99. The molecule has 0 aliphatic carbocycles. The molecule has 0 radical (unpaired) electrons. The molecule has 0 heterocycles. The van der Waals surface area contributed by atoms with E-state index in [-0.39, 0.29) is 35.0 Å². The van der Waals surface area contributed by atoms with Gasteiger partial charge in [-0.2, -0.15) is 0 Å². The first kappa shape index (κ1) is 42.9. The second kappa shape index (κ2) is 20.0. The van der Waals surface area contributed by atoms with Gasteiger partial charge < -0.3 is 23.1 Å². The van der Waals surface area contributed by atoms with Crippen LogP contribution in [0.4, 0.5) is 0 Å². The number of hydrogen-bond acceptors (Lipinski definition) is 5. The van der Waals surface area contributed by atoms with Crippen LogP contribution in [-0.4, -0.2) is 48.8 Å². The molecule has 0 aliphatic rings. The fraction of sp³-hybridized carbons (Fsp3) is 0.568. The van der Waals surface area contributed by atoms with E-state index in [4.69, 9.17) is 18.3 Å². The minimum Gasteiger partial charge on any atom is -0.497 e. The minimum absolute atomic E-state index is 0.0186. The fourth-order valence-electron chi connectivity index (χ4n) is 8.01. The molecular formula is C44H68O5Si2. The summed E-state index contributed by atoms with van der Waals surface area (Å²) in [4.78, 5) is 12.4. The van der Waals surface area contributed by atoms with E-state index in [0.717, 1.165) is 48.6 Å². The van der Waals surface area contributed by atoms with Crippen molar-refractivity contribution in [1.29, 1.82) is 0 Å². The molecule has 0 N–H and O–H groups in total. The van der Waals surface area contributed by atoms with Gasteiger partial charge in [-0.1, -0.05) is 148 Å². The van der Waals surface area contributed by atoms with Crippen molar-refractivity contribution in [1.82, 2.24) is 0 Å². The van der Waals surface area contributed by atoms with Crippen molar-refractivity contribution in [2.45, 2.75) is 124 Å². The summed E-state index contributed by atoms with van der Waals surface area (Å²) in [6, 6.07) is 33.1. The average molecular weight is 733 g/mol. The van der Waals surface area contributed by atoms with Crippen LogP contribution in [0, 0.1) is 23.7 Å². The Morgan fingerprint density at radius 1 is 0.745 bits per heavy atom. The van der Waals surface area contributed by atoms with Gasteiger partial charge in [-0.05, 0) is 69.5 Å². The highest BCUT2D eigenvalue weighted by Gasteiger charge is 2.50. The molecule has 0 unspecified atom stereocenters. The van der Waals surface area contributed by atoms with Gasteiger partial charge in [0.15, 0.2) is 8.32 Å². The molecule has 0 aliphatic heterocycles. The van der Waals surface area contributed by atoms with Gasteiger partial charge >= 0.3 is 0 Å². The largest absolute Gasteiger partial charge is 0.497 e. The first-order chi connectivity index (χ1) is 24.3. The number of carbonyl (C=O) groups excluding carboxylic acids is 1. The molecule has 0 bridgehead atoms. The third-order valence-corrected chi connectivity index (χ3v) is 21.1. The van der Waals surface area contributed by atoms with Gasteiger partial charge in [0.05, 0.1) is 25.9 Å². The van der Waals surface area contributed by atoms with E-state index < -0.39 is 16.6 Å². The first-order valence-corrected chi connectivity index (χ1v) is 23.9. The van der Waals surface area contributed by atoms with E-state index in [1.807, 2.05) is 31.2 Å². The van der Waals surface area contributed by atoms with Crippen LogP contribution in [0.15, 0.2) is 84.9 Å². The third kappa shape index (κ3) is 10.8. The molecular weight excluding hydrogens is 665 g/mol. The molecule has 5 nitrogen and oxygen atoms in total. The summed E-state index contributed by atoms with van der Waals surface area (Å²) >= 11 is 0. The number of carbonyl (C=O) groups is 1. The SMILES string of the molecule is CC[C@H](CO[Si](c1ccccc1)(c1ccccc1)C(C)(C)C)C[C@H](C)[C@H](O[Si](CC)(CC)CC)[C@@H](C)[C@@H](OCc1ccc(OC)cc1)[C@@H](C)C=O. The number of methoxy groups -OCH3 is 1. The smallest absolute Gasteiger partial charge is 0.261 e. The Hall–Kier alpha value is -2.56. The average Bonchev–Trinajstić information content (AvgIpc) is 3.15. The molecule has 0 spiro atoms. The zero-order valence-corrected chi connectivity index (χ0v) is 35.6. The van der Waals surface area contributed by atoms with Crippen molar-refractivity contribution < 1.29 is 23.1 Å². The monoisotopic (exact) mass is 732 g/mol. The minimum atomic E-state index is -2.66. The van der Waals surface area contributed by atoms with E-state index in [0.29, 0.717) is 19.1 Å². The van der Waals surface area contributed by atoms with Gasteiger partial charge in [0, 0.05) is 18.4 Å². The third-order valence-electron chi connectivity index (χ3n) is 11.5. The second-order valence-electron chi connectivity index (χ2n) is 15.8. The summed E-state index contributed by atoms with van der Waals surface area (Å²) in [6.07, 6.45) is 2.73. The number of aldehydes is 1. The Balaban J connectivity index is 1.95. The van der Waals surface area contributed by atoms with Crippen molar-refractivity contribution in [3.8, 4) is 5.75 Å². The van der Waals surface area contributed by atoms with Gasteiger partial charge in [0.25, 0.3) is 8.32 Å². The van der Waals surface area contributed by atoms with Crippen molar-refractivity contribution in [3.05, 3.63) is 90.5 Å². The number of rotatable bonds is 22. The van der Waals surface area contributed by atoms with Gasteiger partial charge in [-0.25, -0.2) is 0 Å². The Kier molecular flexibility index (Phi) is 16.8. The quantitative estimate of drug-likeness (QED) is 0.0761. The van der Waals surface area contributed by atoms with E-state index in [9.17, 15) is 4.79 Å². The highest BCUT2D eigenvalue weighted by molar-refractivity contribution is 6.99. The Morgan fingerprint density at radius 2 is 1.27 bits per heavy atom. The molecule has 0 fully saturated rings. The molecule has 0 saturated carbocycles. The molecule has 0 saturated heterocycles. The Bertz CT molecular complexity index is 1360. The highest BCUT2D eigenvalue weighted by atomic mass is 28.4. The highest BCUT2D eigenvalue weighted by Crippen LogP contribution is 2.39. The van der Waals surface area contributed by atoms with Crippen LogP contribution in [0.2, 0.25) is 23.2 Å². The number of ether oxygens (including phenoxy) is 2. The van der Waals surface area contributed by atoms with Gasteiger partial charge in [0.1, 0.15) is 12.0 Å². The Morgan fingerprint density at radius 3 is 1.71 bits per heavy atom. The molecule has 0 aromatic heterocycles. The van der Waals surface area contributed by atoms with Crippen LogP contribution in [0.5, 0.6) is 5.75 Å². The summed E-state index contributed by atoms with van der Waals surface area (Å²) in [5.41, 5.74) is 1.06. The summed E-state index contributed by atoms with van der Waals surface area (Å²) in [5, 5.41) is 2.55. The predicted molar refractivity (Wildman–Crippen MR) is 219 cm³/mol. The second-order valence-corrected chi connectivity index (χ2v) is 24.8. The van der Waals surface area contributed by atoms with Crippen LogP contribution in [0.3, 0.4) is 0 Å². The fourth-order valence-corrected chi connectivity index (χ4v) is 15.7. The lowest BCUT2D eigenvalue weighted by Gasteiger charge is -2.44. The molecule has 51 heavy (non-hydrogen) atoms. The zero-order chi connectivity index (χ0) is 37.7. The van der Waals surface area contributed by atoms with E-state index in [1.165, 1.54) is 10.4 Å². The van der Waals surface area contributed by atoms with Crippen molar-refractivity contribution in [3.63, 3.8) is 0 Å². The molecule has 3 aromatic carbocycles. The maximum atomic E-state index is 12.4. The molecule has 6 atom stereocenters. The van der Waals surface area contributed by atoms with Crippen LogP contribution >= 0.6 is 0 Å². The lowest BCUT2D eigenvalue weighted by atomic mass is 9.81. The van der Waals surface area contributed by atoms with Gasteiger partial charge in [-0.3, -0.25) is 0 Å². The Labute approximate surface area is 313 Å². The van der Waals surface area contributed by atoms with E-state index in [2.05, 4.69) is 123 Å².